The van der Waals surface area contributed by atoms with E-state index in [1.54, 1.807) is 29.2 Å². The Morgan fingerprint density at radius 1 is 1.20 bits per heavy atom. The Morgan fingerprint density at radius 3 is 2.75 bits per heavy atom. The average molecular weight is 268 g/mol. The molecule has 3 aromatic rings. The van der Waals surface area contributed by atoms with Gasteiger partial charge in [-0.25, -0.2) is 9.48 Å². The van der Waals surface area contributed by atoms with Crippen molar-refractivity contribution in [2.24, 2.45) is 0 Å². The zero-order valence-corrected chi connectivity index (χ0v) is 10.6. The molecule has 0 aliphatic carbocycles. The first-order valence-corrected chi connectivity index (χ1v) is 6.19. The van der Waals surface area contributed by atoms with Crippen molar-refractivity contribution in [1.82, 2.24) is 20.0 Å². The summed E-state index contributed by atoms with van der Waals surface area (Å²) in [7, 11) is 0. The first-order chi connectivity index (χ1) is 9.74. The van der Waals surface area contributed by atoms with Crippen LogP contribution in [-0.4, -0.2) is 31.1 Å². The Labute approximate surface area is 114 Å². The highest BCUT2D eigenvalue weighted by molar-refractivity contribution is 5.92. The van der Waals surface area contributed by atoms with Gasteiger partial charge in [0.2, 0.25) is 0 Å². The van der Waals surface area contributed by atoms with Crippen molar-refractivity contribution in [1.29, 1.82) is 0 Å². The van der Waals surface area contributed by atoms with Gasteiger partial charge in [0.05, 0.1) is 11.1 Å². The standard InChI is InChI=1S/C14H12N4O2/c19-14(20)11-1-2-12-13(9-11)18(17-16-12)8-5-10-3-6-15-7-4-10/h1-4,6-7,9H,5,8H2,(H,19,20). The molecule has 6 nitrogen and oxygen atoms in total. The van der Waals surface area contributed by atoms with Crippen LogP contribution in [0.1, 0.15) is 15.9 Å². The van der Waals surface area contributed by atoms with Gasteiger partial charge in [-0.15, -0.1) is 5.10 Å². The van der Waals surface area contributed by atoms with Gasteiger partial charge >= 0.3 is 5.97 Å². The molecule has 0 radical (unpaired) electrons. The van der Waals surface area contributed by atoms with Gasteiger partial charge in [-0.05, 0) is 42.3 Å². The fourth-order valence-electron chi connectivity index (χ4n) is 2.05. The molecule has 1 N–H and O–H groups in total. The van der Waals surface area contributed by atoms with E-state index in [1.807, 2.05) is 12.1 Å². The minimum Gasteiger partial charge on any atom is -0.478 e. The summed E-state index contributed by atoms with van der Waals surface area (Å²) in [5.41, 5.74) is 2.83. The normalized spacial score (nSPS) is 10.8. The van der Waals surface area contributed by atoms with E-state index in [-0.39, 0.29) is 5.56 Å². The lowest BCUT2D eigenvalue weighted by molar-refractivity contribution is 0.0697. The molecule has 0 saturated heterocycles. The van der Waals surface area contributed by atoms with E-state index in [0.29, 0.717) is 12.1 Å². The molecule has 6 heteroatoms. The van der Waals surface area contributed by atoms with E-state index in [9.17, 15) is 4.79 Å². The van der Waals surface area contributed by atoms with Gasteiger partial charge in [0.1, 0.15) is 5.52 Å². The summed E-state index contributed by atoms with van der Waals surface area (Å²) in [5.74, 6) is -0.950. The third-order valence-electron chi connectivity index (χ3n) is 3.12. The van der Waals surface area contributed by atoms with Crippen LogP contribution in [0.15, 0.2) is 42.7 Å². The van der Waals surface area contributed by atoms with Crippen LogP contribution < -0.4 is 0 Å². The summed E-state index contributed by atoms with van der Waals surface area (Å²) in [4.78, 5) is 15.0. The molecule has 100 valence electrons. The number of hydrogen-bond donors (Lipinski definition) is 1. The Balaban J connectivity index is 1.88. The van der Waals surface area contributed by atoms with Gasteiger partial charge in [-0.1, -0.05) is 5.21 Å². The maximum absolute atomic E-state index is 11.0. The Kier molecular flexibility index (Phi) is 3.12. The van der Waals surface area contributed by atoms with Crippen LogP contribution in [-0.2, 0) is 13.0 Å². The van der Waals surface area contributed by atoms with E-state index < -0.39 is 5.97 Å². The van der Waals surface area contributed by atoms with Gasteiger partial charge < -0.3 is 5.11 Å². The quantitative estimate of drug-likeness (QED) is 0.779. The summed E-state index contributed by atoms with van der Waals surface area (Å²) in [6.45, 7) is 0.642. The molecule has 0 fully saturated rings. The van der Waals surface area contributed by atoms with Gasteiger partial charge in [0.15, 0.2) is 0 Å². The second-order valence-corrected chi connectivity index (χ2v) is 4.43. The summed E-state index contributed by atoms with van der Waals surface area (Å²) < 4.78 is 1.72. The number of nitrogens with zero attached hydrogens (tertiary/aromatic N) is 4. The maximum Gasteiger partial charge on any atom is 0.335 e. The molecule has 0 spiro atoms. The first kappa shape index (κ1) is 12.3. The number of hydrogen-bond acceptors (Lipinski definition) is 4. The van der Waals surface area contributed by atoms with E-state index in [4.69, 9.17) is 5.11 Å². The van der Waals surface area contributed by atoms with Crippen LogP contribution in [0.2, 0.25) is 0 Å². The highest BCUT2D eigenvalue weighted by Gasteiger charge is 2.09. The molecule has 0 bridgehead atoms. The van der Waals surface area contributed by atoms with Crippen molar-refractivity contribution in [3.63, 3.8) is 0 Å². The van der Waals surface area contributed by atoms with Gasteiger partial charge in [0, 0.05) is 18.9 Å². The Morgan fingerprint density at radius 2 is 2.00 bits per heavy atom. The summed E-state index contributed by atoms with van der Waals surface area (Å²) in [5, 5.41) is 17.1. The number of rotatable bonds is 4. The predicted molar refractivity (Wildman–Crippen MR) is 72.4 cm³/mol. The number of carboxylic acid groups (broad SMARTS) is 1. The smallest absolute Gasteiger partial charge is 0.335 e. The zero-order chi connectivity index (χ0) is 13.9. The van der Waals surface area contributed by atoms with E-state index in [1.165, 1.54) is 6.07 Å². The summed E-state index contributed by atoms with van der Waals surface area (Å²) in [6, 6.07) is 8.70. The number of carboxylic acids is 1. The number of aromatic carboxylic acids is 1. The highest BCUT2D eigenvalue weighted by Crippen LogP contribution is 2.14. The van der Waals surface area contributed by atoms with Crippen LogP contribution >= 0.6 is 0 Å². The van der Waals surface area contributed by atoms with Gasteiger partial charge in [-0.2, -0.15) is 0 Å². The summed E-state index contributed by atoms with van der Waals surface area (Å²) >= 11 is 0. The van der Waals surface area contributed by atoms with Gasteiger partial charge in [0.25, 0.3) is 0 Å². The van der Waals surface area contributed by atoms with Crippen LogP contribution in [0.5, 0.6) is 0 Å². The number of benzene rings is 1. The molecule has 0 atom stereocenters. The number of aryl methyl sites for hydroxylation is 2. The molecule has 0 aliphatic heterocycles. The number of aromatic nitrogens is 4. The van der Waals surface area contributed by atoms with E-state index in [2.05, 4.69) is 15.3 Å². The molecule has 2 aromatic heterocycles. The number of fused-ring (bicyclic) bond motifs is 1. The Bertz CT molecular complexity index is 752. The molecule has 0 amide bonds. The fourth-order valence-corrected chi connectivity index (χ4v) is 2.05. The van der Waals surface area contributed by atoms with Gasteiger partial charge in [-0.3, -0.25) is 4.98 Å². The first-order valence-electron chi connectivity index (χ1n) is 6.19. The molecule has 1 aromatic carbocycles. The number of pyridine rings is 1. The van der Waals surface area contributed by atoms with Crippen molar-refractivity contribution >= 4 is 17.0 Å². The molecule has 0 unspecified atom stereocenters. The minimum atomic E-state index is -0.950. The van der Waals surface area contributed by atoms with Crippen molar-refractivity contribution < 1.29 is 9.90 Å². The molecule has 2 heterocycles. The average Bonchev–Trinajstić information content (AvgIpc) is 2.88. The lowest BCUT2D eigenvalue weighted by Crippen LogP contribution is -2.04. The van der Waals surface area contributed by atoms with Crippen molar-refractivity contribution in [3.8, 4) is 0 Å². The fraction of sp³-hybridized carbons (Fsp3) is 0.143. The third-order valence-corrected chi connectivity index (χ3v) is 3.12. The van der Waals surface area contributed by atoms with Crippen LogP contribution in [0.4, 0.5) is 0 Å². The monoisotopic (exact) mass is 268 g/mol. The van der Waals surface area contributed by atoms with Crippen LogP contribution in [0.25, 0.3) is 11.0 Å². The molecule has 0 aliphatic rings. The van der Waals surface area contributed by atoms with E-state index in [0.717, 1.165) is 17.5 Å². The third kappa shape index (κ3) is 2.35. The number of carbonyl (C=O) groups is 1. The second-order valence-electron chi connectivity index (χ2n) is 4.43. The molecular formula is C14H12N4O2. The maximum atomic E-state index is 11.0. The zero-order valence-electron chi connectivity index (χ0n) is 10.6. The summed E-state index contributed by atoms with van der Waals surface area (Å²) in [6.07, 6.45) is 4.28. The predicted octanol–water partition coefficient (Wildman–Crippen LogP) is 1.77. The van der Waals surface area contributed by atoms with Crippen LogP contribution in [0.3, 0.4) is 0 Å². The molecule has 0 saturated carbocycles. The molecule has 3 rings (SSSR count). The molecule has 20 heavy (non-hydrogen) atoms. The SMILES string of the molecule is O=C(O)c1ccc2nnn(CCc3ccncc3)c2c1. The topological polar surface area (TPSA) is 80.9 Å². The van der Waals surface area contributed by atoms with Crippen molar-refractivity contribution in [3.05, 3.63) is 53.9 Å². The van der Waals surface area contributed by atoms with Crippen molar-refractivity contribution in [2.45, 2.75) is 13.0 Å². The largest absolute Gasteiger partial charge is 0.478 e. The van der Waals surface area contributed by atoms with E-state index >= 15 is 0 Å². The lowest BCUT2D eigenvalue weighted by Gasteiger charge is -2.03. The lowest BCUT2D eigenvalue weighted by atomic mass is 10.2. The highest BCUT2D eigenvalue weighted by atomic mass is 16.4. The van der Waals surface area contributed by atoms with Crippen LogP contribution in [0, 0.1) is 0 Å². The van der Waals surface area contributed by atoms with Crippen molar-refractivity contribution in [2.75, 3.05) is 0 Å². The second kappa shape index (κ2) is 5.08. The molecular weight excluding hydrogens is 256 g/mol. The Hall–Kier alpha value is -2.76. The minimum absolute atomic E-state index is 0.241.